The number of rotatable bonds is 2. The molecule has 0 saturated heterocycles. The lowest BCUT2D eigenvalue weighted by Crippen LogP contribution is -2.26. The predicted octanol–water partition coefficient (Wildman–Crippen LogP) is 3.38. The topological polar surface area (TPSA) is 33.2 Å². The van der Waals surface area contributed by atoms with Gasteiger partial charge in [0.1, 0.15) is 5.82 Å². The highest BCUT2D eigenvalue weighted by atomic mass is 35.5. The molecule has 0 fully saturated rings. The minimum atomic E-state index is -0.0972. The molecule has 0 spiro atoms. The summed E-state index contributed by atoms with van der Waals surface area (Å²) in [6, 6.07) is 9.02. The van der Waals surface area contributed by atoms with Gasteiger partial charge in [0, 0.05) is 12.7 Å². The second kappa shape index (κ2) is 4.85. The molecule has 0 atom stereocenters. The Bertz CT molecular complexity index is 553. The molecule has 0 aliphatic heterocycles. The number of pyridine rings is 1. The van der Waals surface area contributed by atoms with E-state index in [2.05, 4.69) is 4.98 Å². The Morgan fingerprint density at radius 3 is 2.71 bits per heavy atom. The summed E-state index contributed by atoms with van der Waals surface area (Å²) < 4.78 is 0.610. The van der Waals surface area contributed by atoms with Gasteiger partial charge in [-0.05, 0) is 31.2 Å². The van der Waals surface area contributed by atoms with Crippen molar-refractivity contribution in [1.29, 1.82) is 0 Å². The van der Waals surface area contributed by atoms with E-state index < -0.39 is 0 Å². The van der Waals surface area contributed by atoms with Gasteiger partial charge in [0.25, 0.3) is 5.91 Å². The standard InChI is InChI=1S/C12H11ClN2OS/c1-8-4-3-5-11(14-8)15(2)12(16)9-6-7-10(13)17-9/h3-7H,1-2H3. The van der Waals surface area contributed by atoms with Crippen molar-refractivity contribution in [2.75, 3.05) is 11.9 Å². The first kappa shape index (κ1) is 12.1. The molecule has 17 heavy (non-hydrogen) atoms. The molecule has 0 N–H and O–H groups in total. The van der Waals surface area contributed by atoms with Crippen molar-refractivity contribution in [2.24, 2.45) is 0 Å². The molecule has 5 heteroatoms. The van der Waals surface area contributed by atoms with Crippen molar-refractivity contribution in [3.63, 3.8) is 0 Å². The van der Waals surface area contributed by atoms with Crippen LogP contribution in [0.4, 0.5) is 5.82 Å². The Balaban J connectivity index is 2.26. The molecule has 0 unspecified atom stereocenters. The van der Waals surface area contributed by atoms with Crippen LogP contribution in [-0.4, -0.2) is 17.9 Å². The summed E-state index contributed by atoms with van der Waals surface area (Å²) in [6.45, 7) is 1.89. The van der Waals surface area contributed by atoms with Gasteiger partial charge in [0.15, 0.2) is 0 Å². The zero-order valence-corrected chi connectivity index (χ0v) is 11.0. The number of aryl methyl sites for hydroxylation is 1. The van der Waals surface area contributed by atoms with Gasteiger partial charge in [-0.15, -0.1) is 11.3 Å². The Hall–Kier alpha value is -1.39. The van der Waals surface area contributed by atoms with E-state index in [0.29, 0.717) is 15.0 Å². The van der Waals surface area contributed by atoms with Gasteiger partial charge >= 0.3 is 0 Å². The Morgan fingerprint density at radius 1 is 1.35 bits per heavy atom. The number of hydrogen-bond donors (Lipinski definition) is 0. The molecule has 0 aliphatic carbocycles. The second-order valence-electron chi connectivity index (χ2n) is 3.61. The third-order valence-electron chi connectivity index (χ3n) is 2.31. The highest BCUT2D eigenvalue weighted by Gasteiger charge is 2.16. The number of hydrogen-bond acceptors (Lipinski definition) is 3. The van der Waals surface area contributed by atoms with Gasteiger partial charge in [-0.2, -0.15) is 0 Å². The van der Waals surface area contributed by atoms with Gasteiger partial charge in [0.2, 0.25) is 0 Å². The first-order chi connectivity index (χ1) is 8.08. The molecule has 0 aromatic carbocycles. The molecule has 0 bridgehead atoms. The van der Waals surface area contributed by atoms with Gasteiger partial charge in [-0.1, -0.05) is 17.7 Å². The molecular formula is C12H11ClN2OS. The molecular weight excluding hydrogens is 256 g/mol. The molecule has 0 saturated carbocycles. The Kier molecular flexibility index (Phi) is 3.45. The van der Waals surface area contributed by atoms with Crippen molar-refractivity contribution >= 4 is 34.7 Å². The zero-order chi connectivity index (χ0) is 12.4. The van der Waals surface area contributed by atoms with E-state index in [1.165, 1.54) is 16.2 Å². The molecule has 2 aromatic rings. The Morgan fingerprint density at radius 2 is 2.12 bits per heavy atom. The number of carbonyl (C=O) groups is 1. The van der Waals surface area contributed by atoms with E-state index in [4.69, 9.17) is 11.6 Å². The predicted molar refractivity (Wildman–Crippen MR) is 71.0 cm³/mol. The monoisotopic (exact) mass is 266 g/mol. The smallest absolute Gasteiger partial charge is 0.269 e. The van der Waals surface area contributed by atoms with E-state index in [1.54, 1.807) is 25.2 Å². The van der Waals surface area contributed by atoms with Crippen LogP contribution in [0.25, 0.3) is 0 Å². The average molecular weight is 267 g/mol. The number of carbonyl (C=O) groups excluding carboxylic acids is 1. The van der Waals surface area contributed by atoms with E-state index >= 15 is 0 Å². The summed E-state index contributed by atoms with van der Waals surface area (Å²) in [7, 11) is 1.71. The maximum atomic E-state index is 12.1. The minimum absolute atomic E-state index is 0.0972. The quantitative estimate of drug-likeness (QED) is 0.835. The van der Waals surface area contributed by atoms with Gasteiger partial charge < -0.3 is 0 Å². The molecule has 3 nitrogen and oxygen atoms in total. The van der Waals surface area contributed by atoms with Gasteiger partial charge in [0.05, 0.1) is 9.21 Å². The summed E-state index contributed by atoms with van der Waals surface area (Å²) >= 11 is 7.08. The first-order valence-corrected chi connectivity index (χ1v) is 6.24. The van der Waals surface area contributed by atoms with Crippen molar-refractivity contribution in [2.45, 2.75) is 6.92 Å². The van der Waals surface area contributed by atoms with Crippen LogP contribution >= 0.6 is 22.9 Å². The van der Waals surface area contributed by atoms with E-state index in [1.807, 2.05) is 19.1 Å². The van der Waals surface area contributed by atoms with Crippen LogP contribution in [-0.2, 0) is 0 Å². The fourth-order valence-corrected chi connectivity index (χ4v) is 2.43. The summed E-state index contributed by atoms with van der Waals surface area (Å²) in [5.41, 5.74) is 0.881. The lowest BCUT2D eigenvalue weighted by Gasteiger charge is -2.15. The summed E-state index contributed by atoms with van der Waals surface area (Å²) in [5.74, 6) is 0.541. The van der Waals surface area contributed by atoms with Gasteiger partial charge in [-0.3, -0.25) is 9.69 Å². The number of halogens is 1. The zero-order valence-electron chi connectivity index (χ0n) is 9.48. The lowest BCUT2D eigenvalue weighted by molar-refractivity contribution is 0.0996. The largest absolute Gasteiger partial charge is 0.295 e. The van der Waals surface area contributed by atoms with E-state index in [-0.39, 0.29) is 5.91 Å². The van der Waals surface area contributed by atoms with Crippen LogP contribution < -0.4 is 4.90 Å². The van der Waals surface area contributed by atoms with Crippen molar-refractivity contribution < 1.29 is 4.79 Å². The maximum Gasteiger partial charge on any atom is 0.269 e. The SMILES string of the molecule is Cc1cccc(N(C)C(=O)c2ccc(Cl)s2)n1. The van der Waals surface area contributed by atoms with E-state index in [0.717, 1.165) is 5.69 Å². The lowest BCUT2D eigenvalue weighted by atomic mass is 10.3. The molecule has 1 amide bonds. The molecule has 2 heterocycles. The van der Waals surface area contributed by atoms with Gasteiger partial charge in [-0.25, -0.2) is 4.98 Å². The number of aromatic nitrogens is 1. The number of nitrogens with zero attached hydrogens (tertiary/aromatic N) is 2. The minimum Gasteiger partial charge on any atom is -0.295 e. The molecule has 2 aromatic heterocycles. The fraction of sp³-hybridized carbons (Fsp3) is 0.167. The fourth-order valence-electron chi connectivity index (χ4n) is 1.41. The van der Waals surface area contributed by atoms with Crippen LogP contribution in [0.3, 0.4) is 0 Å². The average Bonchev–Trinajstić information content (AvgIpc) is 2.74. The first-order valence-electron chi connectivity index (χ1n) is 5.05. The van der Waals surface area contributed by atoms with Crippen LogP contribution in [0.5, 0.6) is 0 Å². The second-order valence-corrected chi connectivity index (χ2v) is 5.32. The molecule has 0 aliphatic rings. The number of anilines is 1. The normalized spacial score (nSPS) is 10.3. The van der Waals surface area contributed by atoms with Crippen LogP contribution in [0.1, 0.15) is 15.4 Å². The summed E-state index contributed by atoms with van der Waals surface area (Å²) in [5, 5.41) is 0. The van der Waals surface area contributed by atoms with E-state index in [9.17, 15) is 4.79 Å². The number of amides is 1. The molecule has 0 radical (unpaired) electrons. The summed E-state index contributed by atoms with van der Waals surface area (Å²) in [4.78, 5) is 18.5. The van der Waals surface area contributed by atoms with Crippen LogP contribution in [0, 0.1) is 6.92 Å². The van der Waals surface area contributed by atoms with Crippen molar-refractivity contribution in [3.8, 4) is 0 Å². The maximum absolute atomic E-state index is 12.1. The van der Waals surface area contributed by atoms with Crippen LogP contribution in [0.2, 0.25) is 4.34 Å². The Labute approximate surface area is 109 Å². The third kappa shape index (κ3) is 2.65. The summed E-state index contributed by atoms with van der Waals surface area (Å²) in [6.07, 6.45) is 0. The third-order valence-corrected chi connectivity index (χ3v) is 3.53. The van der Waals surface area contributed by atoms with Crippen molar-refractivity contribution in [3.05, 3.63) is 45.2 Å². The van der Waals surface area contributed by atoms with Crippen LogP contribution in [0.15, 0.2) is 30.3 Å². The van der Waals surface area contributed by atoms with Crippen molar-refractivity contribution in [1.82, 2.24) is 4.98 Å². The molecule has 88 valence electrons. The number of thiophene rings is 1. The molecule has 2 rings (SSSR count). The highest BCUT2D eigenvalue weighted by Crippen LogP contribution is 2.23. The highest BCUT2D eigenvalue weighted by molar-refractivity contribution is 7.18.